The Bertz CT molecular complexity index is 1020. The summed E-state index contributed by atoms with van der Waals surface area (Å²) in [4.78, 5) is 29.9. The molecule has 2 heterocycles. The normalized spacial score (nSPS) is 20.1. The van der Waals surface area contributed by atoms with Crippen molar-refractivity contribution in [3.63, 3.8) is 0 Å². The molecule has 2 amide bonds. The fourth-order valence-electron chi connectivity index (χ4n) is 3.96. The Balaban J connectivity index is 1.85. The smallest absolute Gasteiger partial charge is 0.282 e. The van der Waals surface area contributed by atoms with E-state index in [0.717, 1.165) is 17.7 Å². The number of anilines is 1. The highest BCUT2D eigenvalue weighted by molar-refractivity contribution is 6.47. The minimum absolute atomic E-state index is 0.259. The highest BCUT2D eigenvalue weighted by atomic mass is 35.5. The molecule has 7 heteroatoms. The zero-order valence-corrected chi connectivity index (χ0v) is 17.3. The van der Waals surface area contributed by atoms with Gasteiger partial charge >= 0.3 is 0 Å². The Labute approximate surface area is 178 Å². The van der Waals surface area contributed by atoms with E-state index >= 15 is 0 Å². The zero-order valence-electron chi connectivity index (χ0n) is 15.8. The predicted octanol–water partition coefficient (Wildman–Crippen LogP) is 5.15. The minimum Gasteiger partial charge on any atom is -0.366 e. The lowest BCUT2D eigenvalue weighted by Gasteiger charge is -2.33. The average molecular weight is 433 g/mol. The van der Waals surface area contributed by atoms with Gasteiger partial charge in [-0.05, 0) is 55.2 Å². The number of amides is 2. The van der Waals surface area contributed by atoms with Gasteiger partial charge in [0.1, 0.15) is 11.5 Å². The Morgan fingerprint density at radius 2 is 1.76 bits per heavy atom. The summed E-state index contributed by atoms with van der Waals surface area (Å²) in [7, 11) is 0. The molecule has 2 aliphatic rings. The van der Waals surface area contributed by atoms with Crippen molar-refractivity contribution in [1.29, 1.82) is 0 Å². The number of carbonyl (C=O) groups excluding carboxylic acids is 2. The highest BCUT2D eigenvalue weighted by Crippen LogP contribution is 2.39. The zero-order chi connectivity index (χ0) is 20.7. The summed E-state index contributed by atoms with van der Waals surface area (Å²) in [5.74, 6) is -0.927. The number of hydrogen-bond donors (Lipinski definition) is 0. The van der Waals surface area contributed by atoms with Crippen LogP contribution in [0.15, 0.2) is 48.2 Å². The van der Waals surface area contributed by atoms with Crippen LogP contribution < -0.4 is 4.90 Å². The lowest BCUT2D eigenvalue weighted by molar-refractivity contribution is -0.120. The molecule has 2 aliphatic heterocycles. The van der Waals surface area contributed by atoms with Crippen LogP contribution in [-0.2, 0) is 9.59 Å². The first-order valence-electron chi connectivity index (χ1n) is 9.46. The molecule has 2 aromatic carbocycles. The monoisotopic (exact) mass is 432 g/mol. The molecule has 0 spiro atoms. The van der Waals surface area contributed by atoms with E-state index in [1.165, 1.54) is 24.3 Å². The molecule has 0 aliphatic carbocycles. The number of piperidine rings is 1. The Kier molecular flexibility index (Phi) is 5.36. The molecule has 0 aromatic heterocycles. The van der Waals surface area contributed by atoms with Crippen molar-refractivity contribution in [2.24, 2.45) is 5.92 Å². The molecule has 1 unspecified atom stereocenters. The van der Waals surface area contributed by atoms with E-state index in [0.29, 0.717) is 46.0 Å². The van der Waals surface area contributed by atoms with Gasteiger partial charge in [0.15, 0.2) is 0 Å². The Morgan fingerprint density at radius 1 is 1.03 bits per heavy atom. The van der Waals surface area contributed by atoms with Crippen molar-refractivity contribution in [3.8, 4) is 0 Å². The Hall–Kier alpha value is -2.37. The van der Waals surface area contributed by atoms with Gasteiger partial charge in [0, 0.05) is 23.7 Å². The summed E-state index contributed by atoms with van der Waals surface area (Å²) in [6, 6.07) is 10.2. The van der Waals surface area contributed by atoms with Crippen LogP contribution >= 0.6 is 23.2 Å². The average Bonchev–Trinajstić information content (AvgIpc) is 2.93. The number of halogens is 3. The summed E-state index contributed by atoms with van der Waals surface area (Å²) < 4.78 is 13.4. The maximum absolute atomic E-state index is 13.4. The van der Waals surface area contributed by atoms with Gasteiger partial charge < -0.3 is 4.90 Å². The van der Waals surface area contributed by atoms with Crippen molar-refractivity contribution in [3.05, 3.63) is 69.6 Å². The molecule has 0 N–H and O–H groups in total. The number of imide groups is 1. The van der Waals surface area contributed by atoms with E-state index in [1.807, 2.05) is 4.90 Å². The van der Waals surface area contributed by atoms with Gasteiger partial charge in [-0.25, -0.2) is 9.29 Å². The van der Waals surface area contributed by atoms with E-state index in [2.05, 4.69) is 6.92 Å². The van der Waals surface area contributed by atoms with Crippen LogP contribution in [-0.4, -0.2) is 29.8 Å². The van der Waals surface area contributed by atoms with Gasteiger partial charge in [-0.1, -0.05) is 36.2 Å². The summed E-state index contributed by atoms with van der Waals surface area (Å²) in [6.45, 7) is 3.49. The van der Waals surface area contributed by atoms with Crippen molar-refractivity contribution in [2.75, 3.05) is 18.0 Å². The van der Waals surface area contributed by atoms with Gasteiger partial charge in [-0.15, -0.1) is 0 Å². The molecule has 150 valence electrons. The number of rotatable bonds is 3. The summed E-state index contributed by atoms with van der Waals surface area (Å²) in [5.41, 5.74) is 1.39. The topological polar surface area (TPSA) is 40.6 Å². The quantitative estimate of drug-likeness (QED) is 0.629. The second kappa shape index (κ2) is 7.81. The summed E-state index contributed by atoms with van der Waals surface area (Å²) in [5, 5.41) is 0.747. The van der Waals surface area contributed by atoms with Gasteiger partial charge in [0.25, 0.3) is 11.8 Å². The molecule has 29 heavy (non-hydrogen) atoms. The molecule has 0 bridgehead atoms. The number of benzene rings is 2. The molecule has 1 atom stereocenters. The third-order valence-corrected chi connectivity index (χ3v) is 5.87. The highest BCUT2D eigenvalue weighted by Gasteiger charge is 2.43. The second-order valence-electron chi connectivity index (χ2n) is 7.46. The molecule has 0 saturated carbocycles. The molecular weight excluding hydrogens is 414 g/mol. The van der Waals surface area contributed by atoms with E-state index < -0.39 is 17.6 Å². The fourth-order valence-corrected chi connectivity index (χ4v) is 4.47. The van der Waals surface area contributed by atoms with Crippen molar-refractivity contribution >= 4 is 46.3 Å². The van der Waals surface area contributed by atoms with E-state index in [4.69, 9.17) is 23.2 Å². The van der Waals surface area contributed by atoms with E-state index in [-0.39, 0.29) is 5.57 Å². The molecule has 1 fully saturated rings. The van der Waals surface area contributed by atoms with Crippen LogP contribution in [0.2, 0.25) is 10.0 Å². The number of carbonyl (C=O) groups is 2. The third-order valence-electron chi connectivity index (χ3n) is 5.32. The first-order chi connectivity index (χ1) is 13.9. The van der Waals surface area contributed by atoms with Crippen LogP contribution in [0.1, 0.15) is 25.3 Å². The largest absolute Gasteiger partial charge is 0.366 e. The molecular formula is C22H19Cl2FN2O2. The standard InChI is InChI=1S/C22H19Cl2FN2O2/c1-13-3-2-10-26(12-13)20-19(17-9-4-14(23)11-18(17)24)21(28)27(22(20)29)16-7-5-15(25)6-8-16/h4-9,11,13H,2-3,10,12H2,1H3. The molecule has 4 rings (SSSR count). The van der Waals surface area contributed by atoms with Crippen LogP contribution in [0.5, 0.6) is 0 Å². The van der Waals surface area contributed by atoms with Gasteiger partial charge in [0.05, 0.1) is 16.3 Å². The molecule has 2 aromatic rings. The first-order valence-corrected chi connectivity index (χ1v) is 10.2. The number of likely N-dealkylation sites (tertiary alicyclic amines) is 1. The number of hydrogen-bond acceptors (Lipinski definition) is 3. The lowest BCUT2D eigenvalue weighted by Crippen LogP contribution is -2.39. The third kappa shape index (κ3) is 3.65. The van der Waals surface area contributed by atoms with Crippen molar-refractivity contribution < 1.29 is 14.0 Å². The summed E-state index contributed by atoms with van der Waals surface area (Å²) >= 11 is 12.4. The van der Waals surface area contributed by atoms with Gasteiger partial charge in [-0.2, -0.15) is 0 Å². The van der Waals surface area contributed by atoms with Crippen LogP contribution in [0, 0.1) is 11.7 Å². The van der Waals surface area contributed by atoms with Crippen molar-refractivity contribution in [1.82, 2.24) is 4.90 Å². The second-order valence-corrected chi connectivity index (χ2v) is 8.31. The van der Waals surface area contributed by atoms with Gasteiger partial charge in [0.2, 0.25) is 0 Å². The fraction of sp³-hybridized carbons (Fsp3) is 0.273. The molecule has 0 radical (unpaired) electrons. The lowest BCUT2D eigenvalue weighted by atomic mass is 9.97. The summed E-state index contributed by atoms with van der Waals surface area (Å²) in [6.07, 6.45) is 2.01. The maximum atomic E-state index is 13.4. The maximum Gasteiger partial charge on any atom is 0.282 e. The predicted molar refractivity (Wildman–Crippen MR) is 112 cm³/mol. The molecule has 1 saturated heterocycles. The van der Waals surface area contributed by atoms with Crippen LogP contribution in [0.25, 0.3) is 5.57 Å². The van der Waals surface area contributed by atoms with E-state index in [1.54, 1.807) is 18.2 Å². The van der Waals surface area contributed by atoms with Crippen molar-refractivity contribution in [2.45, 2.75) is 19.8 Å². The minimum atomic E-state index is -0.473. The van der Waals surface area contributed by atoms with Gasteiger partial charge in [-0.3, -0.25) is 9.59 Å². The molecule has 4 nitrogen and oxygen atoms in total. The Morgan fingerprint density at radius 3 is 2.41 bits per heavy atom. The number of nitrogens with zero attached hydrogens (tertiary/aromatic N) is 2. The van der Waals surface area contributed by atoms with Crippen LogP contribution in [0.4, 0.5) is 10.1 Å². The van der Waals surface area contributed by atoms with Crippen LogP contribution in [0.3, 0.4) is 0 Å². The van der Waals surface area contributed by atoms with E-state index in [9.17, 15) is 14.0 Å². The first kappa shape index (κ1) is 19.9. The SMILES string of the molecule is CC1CCCN(C2=C(c3ccc(Cl)cc3Cl)C(=O)N(c3ccc(F)cc3)C2=O)C1.